The van der Waals surface area contributed by atoms with E-state index in [-0.39, 0.29) is 0 Å². The van der Waals surface area contributed by atoms with Gasteiger partial charge in [-0.2, -0.15) is 5.10 Å². The summed E-state index contributed by atoms with van der Waals surface area (Å²) in [4.78, 5) is 1.21. The van der Waals surface area contributed by atoms with Gasteiger partial charge in [0.2, 0.25) is 0 Å². The summed E-state index contributed by atoms with van der Waals surface area (Å²) < 4.78 is 1.07. The second kappa shape index (κ2) is 5.59. The number of hydrogen-bond donors (Lipinski definition) is 2. The van der Waals surface area contributed by atoms with Gasteiger partial charge in [-0.1, -0.05) is 18.2 Å². The quantitative estimate of drug-likeness (QED) is 0.737. The van der Waals surface area contributed by atoms with Gasteiger partial charge in [0.25, 0.3) is 0 Å². The van der Waals surface area contributed by atoms with Gasteiger partial charge in [0.15, 0.2) is 0 Å². The Morgan fingerprint density at radius 3 is 2.89 bits per heavy atom. The minimum Gasteiger partial charge on any atom is -0.380 e. The fraction of sp³-hybridized carbons (Fsp3) is 0.0714. The van der Waals surface area contributed by atoms with Gasteiger partial charge < -0.3 is 5.32 Å². The van der Waals surface area contributed by atoms with Crippen molar-refractivity contribution in [3.63, 3.8) is 0 Å². The number of para-hydroxylation sites is 1. The lowest BCUT2D eigenvalue weighted by atomic mass is 10.2. The van der Waals surface area contributed by atoms with Crippen LogP contribution in [0.25, 0.3) is 10.6 Å². The average Bonchev–Trinajstić information content (AvgIpc) is 3.08. The van der Waals surface area contributed by atoms with Gasteiger partial charge in [-0.25, -0.2) is 0 Å². The molecule has 96 valence electrons. The topological polar surface area (TPSA) is 40.7 Å². The monoisotopic (exact) mass is 333 g/mol. The number of aromatic nitrogens is 2. The summed E-state index contributed by atoms with van der Waals surface area (Å²) in [7, 11) is 0. The fourth-order valence-electron chi connectivity index (χ4n) is 1.87. The molecule has 0 unspecified atom stereocenters. The maximum absolute atomic E-state index is 4.14. The first-order valence-electron chi connectivity index (χ1n) is 5.89. The lowest BCUT2D eigenvalue weighted by Gasteiger charge is -2.08. The molecule has 0 aliphatic rings. The average molecular weight is 334 g/mol. The predicted octanol–water partition coefficient (Wildman–Crippen LogP) is 4.51. The van der Waals surface area contributed by atoms with Gasteiger partial charge in [0.1, 0.15) is 0 Å². The van der Waals surface area contributed by atoms with Gasteiger partial charge >= 0.3 is 0 Å². The van der Waals surface area contributed by atoms with Crippen LogP contribution >= 0.6 is 27.3 Å². The molecule has 0 atom stereocenters. The Hall–Kier alpha value is -1.59. The molecule has 0 radical (unpaired) electrons. The van der Waals surface area contributed by atoms with Crippen molar-refractivity contribution in [1.82, 2.24) is 10.2 Å². The summed E-state index contributed by atoms with van der Waals surface area (Å²) >= 11 is 5.25. The van der Waals surface area contributed by atoms with Crippen LogP contribution in [0.1, 0.15) is 5.56 Å². The van der Waals surface area contributed by atoms with Crippen LogP contribution in [0.5, 0.6) is 0 Å². The normalized spacial score (nSPS) is 10.6. The zero-order chi connectivity index (χ0) is 13.1. The highest BCUT2D eigenvalue weighted by Gasteiger charge is 2.08. The van der Waals surface area contributed by atoms with Crippen molar-refractivity contribution in [2.45, 2.75) is 6.54 Å². The maximum Gasteiger partial charge on any atom is 0.0799 e. The molecule has 0 bridgehead atoms. The standard InChI is InChI=1S/C14H12BrN3S/c15-11-4-1-2-5-12(11)16-8-10-9-17-18-14(10)13-6-3-7-19-13/h1-7,9,16H,8H2,(H,17,18). The van der Waals surface area contributed by atoms with Gasteiger partial charge in [-0.15, -0.1) is 11.3 Å². The highest BCUT2D eigenvalue weighted by molar-refractivity contribution is 9.10. The molecule has 0 saturated heterocycles. The molecule has 2 heterocycles. The summed E-state index contributed by atoms with van der Waals surface area (Å²) in [6.07, 6.45) is 1.87. The third kappa shape index (κ3) is 2.72. The molecule has 0 fully saturated rings. The number of anilines is 1. The molecule has 0 amide bonds. The summed E-state index contributed by atoms with van der Waals surface area (Å²) in [5.41, 5.74) is 3.34. The molecule has 0 spiro atoms. The van der Waals surface area contributed by atoms with Crippen molar-refractivity contribution in [3.05, 3.63) is 58.0 Å². The van der Waals surface area contributed by atoms with E-state index in [1.165, 1.54) is 10.4 Å². The van der Waals surface area contributed by atoms with E-state index in [4.69, 9.17) is 0 Å². The number of H-pyrrole nitrogens is 1. The number of rotatable bonds is 4. The molecule has 19 heavy (non-hydrogen) atoms. The van der Waals surface area contributed by atoms with Gasteiger partial charge in [-0.05, 0) is 39.5 Å². The first-order valence-corrected chi connectivity index (χ1v) is 7.56. The first kappa shape index (κ1) is 12.4. The lowest BCUT2D eigenvalue weighted by Crippen LogP contribution is -2.00. The summed E-state index contributed by atoms with van der Waals surface area (Å²) in [5.74, 6) is 0. The molecular weight excluding hydrogens is 322 g/mol. The Labute approximate surface area is 123 Å². The summed E-state index contributed by atoms with van der Waals surface area (Å²) in [6.45, 7) is 0.742. The highest BCUT2D eigenvalue weighted by atomic mass is 79.9. The Balaban J connectivity index is 1.78. The van der Waals surface area contributed by atoms with Gasteiger partial charge in [0.05, 0.1) is 16.8 Å². The van der Waals surface area contributed by atoms with Crippen LogP contribution in [-0.4, -0.2) is 10.2 Å². The predicted molar refractivity (Wildman–Crippen MR) is 83.4 cm³/mol. The minimum atomic E-state index is 0.742. The Morgan fingerprint density at radius 2 is 2.11 bits per heavy atom. The van der Waals surface area contributed by atoms with Crippen molar-refractivity contribution in [1.29, 1.82) is 0 Å². The number of thiophene rings is 1. The first-order chi connectivity index (χ1) is 9.34. The van der Waals surface area contributed by atoms with E-state index in [1.807, 2.05) is 30.5 Å². The molecule has 0 aliphatic carbocycles. The number of nitrogens with zero attached hydrogens (tertiary/aromatic N) is 1. The van der Waals surface area contributed by atoms with E-state index in [2.05, 4.69) is 49.0 Å². The zero-order valence-electron chi connectivity index (χ0n) is 10.1. The van der Waals surface area contributed by atoms with E-state index >= 15 is 0 Å². The second-order valence-electron chi connectivity index (χ2n) is 4.08. The van der Waals surface area contributed by atoms with Crippen molar-refractivity contribution < 1.29 is 0 Å². The van der Waals surface area contributed by atoms with E-state index in [0.29, 0.717) is 0 Å². The van der Waals surface area contributed by atoms with E-state index in [9.17, 15) is 0 Å². The zero-order valence-corrected chi connectivity index (χ0v) is 12.5. The van der Waals surface area contributed by atoms with Crippen LogP contribution in [-0.2, 0) is 6.54 Å². The van der Waals surface area contributed by atoms with Crippen LogP contribution in [0.15, 0.2) is 52.4 Å². The molecule has 3 aromatic rings. The SMILES string of the molecule is Brc1ccccc1NCc1cn[nH]c1-c1cccs1. The van der Waals surface area contributed by atoms with Crippen LogP contribution in [0.3, 0.4) is 0 Å². The number of nitrogens with one attached hydrogen (secondary N) is 2. The Morgan fingerprint density at radius 1 is 1.21 bits per heavy atom. The number of hydrogen-bond acceptors (Lipinski definition) is 3. The number of aromatic amines is 1. The molecule has 0 aliphatic heterocycles. The van der Waals surface area contributed by atoms with Crippen molar-refractivity contribution >= 4 is 33.0 Å². The highest BCUT2D eigenvalue weighted by Crippen LogP contribution is 2.27. The van der Waals surface area contributed by atoms with Crippen LogP contribution in [0, 0.1) is 0 Å². The van der Waals surface area contributed by atoms with Crippen LogP contribution in [0.2, 0.25) is 0 Å². The molecule has 3 nitrogen and oxygen atoms in total. The molecular formula is C14H12BrN3S. The Kier molecular flexibility index (Phi) is 3.66. The van der Waals surface area contributed by atoms with Gasteiger partial charge in [-0.3, -0.25) is 5.10 Å². The maximum atomic E-state index is 4.14. The number of halogens is 1. The molecule has 5 heteroatoms. The fourth-order valence-corrected chi connectivity index (χ4v) is 3.05. The lowest BCUT2D eigenvalue weighted by molar-refractivity contribution is 1.10. The van der Waals surface area contributed by atoms with Crippen LogP contribution in [0.4, 0.5) is 5.69 Å². The second-order valence-corrected chi connectivity index (χ2v) is 5.88. The minimum absolute atomic E-state index is 0.742. The smallest absolute Gasteiger partial charge is 0.0799 e. The molecule has 0 saturated carbocycles. The summed E-state index contributed by atoms with van der Waals surface area (Å²) in [6, 6.07) is 12.2. The Bertz CT molecular complexity index is 661. The molecule has 1 aromatic carbocycles. The third-order valence-corrected chi connectivity index (χ3v) is 4.41. The molecule has 2 aromatic heterocycles. The van der Waals surface area contributed by atoms with E-state index < -0.39 is 0 Å². The number of benzene rings is 1. The van der Waals surface area contributed by atoms with E-state index in [0.717, 1.165) is 22.4 Å². The van der Waals surface area contributed by atoms with Crippen LogP contribution < -0.4 is 5.32 Å². The molecule has 2 N–H and O–H groups in total. The molecule has 3 rings (SSSR count). The van der Waals surface area contributed by atoms with Crippen molar-refractivity contribution in [2.24, 2.45) is 0 Å². The largest absolute Gasteiger partial charge is 0.380 e. The van der Waals surface area contributed by atoms with Crippen molar-refractivity contribution in [3.8, 4) is 10.6 Å². The summed E-state index contributed by atoms with van der Waals surface area (Å²) in [5, 5.41) is 12.7. The third-order valence-electron chi connectivity index (χ3n) is 2.83. The van der Waals surface area contributed by atoms with E-state index in [1.54, 1.807) is 11.3 Å². The van der Waals surface area contributed by atoms with Crippen molar-refractivity contribution in [2.75, 3.05) is 5.32 Å². The van der Waals surface area contributed by atoms with Gasteiger partial charge in [0, 0.05) is 22.3 Å².